The summed E-state index contributed by atoms with van der Waals surface area (Å²) in [6.45, 7) is 0. The maximum atomic E-state index is 12.3. The van der Waals surface area contributed by atoms with Crippen LogP contribution in [0.1, 0.15) is 0 Å². The number of nitrogens with one attached hydrogen (secondary N) is 1. The van der Waals surface area contributed by atoms with E-state index in [1.54, 1.807) is 0 Å². The van der Waals surface area contributed by atoms with E-state index in [1.165, 1.54) is 0 Å². The lowest BCUT2D eigenvalue weighted by Crippen LogP contribution is -2.97. The van der Waals surface area contributed by atoms with Crippen LogP contribution in [0, 0.1) is 7.05 Å². The molecule has 0 atom stereocenters. The fraction of sp³-hybridized carbons (Fsp3) is 0. The first-order chi connectivity index (χ1) is 7.79. The SMILES string of the molecule is [CH2-][NH+]1c2ccccc2S(=O)c2ccccc21. The molecule has 3 rings (SSSR count). The van der Waals surface area contributed by atoms with E-state index < -0.39 is 10.8 Å². The third-order valence-electron chi connectivity index (χ3n) is 2.82. The van der Waals surface area contributed by atoms with Crippen molar-refractivity contribution in [3.63, 3.8) is 0 Å². The van der Waals surface area contributed by atoms with Crippen LogP contribution in [0.3, 0.4) is 0 Å². The van der Waals surface area contributed by atoms with Gasteiger partial charge in [0.2, 0.25) is 0 Å². The summed E-state index contributed by atoms with van der Waals surface area (Å²) < 4.78 is 12.3. The number of benzene rings is 2. The Morgan fingerprint density at radius 1 is 0.875 bits per heavy atom. The molecule has 0 aliphatic carbocycles. The average Bonchev–Trinajstić information content (AvgIpc) is 2.36. The standard InChI is InChI=1S/C13H11NOS/c1-14-10-6-2-4-8-12(10)16(15)13-9-5-3-7-11(13)14/h2-9,14H,1H2. The zero-order valence-electron chi connectivity index (χ0n) is 8.64. The average molecular weight is 229 g/mol. The number of quaternary nitrogens is 1. The summed E-state index contributed by atoms with van der Waals surface area (Å²) >= 11 is 0. The van der Waals surface area contributed by atoms with Crippen LogP contribution in [-0.2, 0) is 10.8 Å². The number of para-hydroxylation sites is 2. The fourth-order valence-electron chi connectivity index (χ4n) is 2.02. The zero-order valence-corrected chi connectivity index (χ0v) is 9.46. The van der Waals surface area contributed by atoms with Crippen molar-refractivity contribution in [2.24, 2.45) is 0 Å². The van der Waals surface area contributed by atoms with Gasteiger partial charge in [0.15, 0.2) is 0 Å². The van der Waals surface area contributed by atoms with E-state index in [9.17, 15) is 4.21 Å². The molecular weight excluding hydrogens is 218 g/mol. The maximum absolute atomic E-state index is 12.3. The minimum Gasteiger partial charge on any atom is -0.400 e. The van der Waals surface area contributed by atoms with Crippen LogP contribution in [0.25, 0.3) is 0 Å². The fourth-order valence-corrected chi connectivity index (χ4v) is 3.44. The third kappa shape index (κ3) is 1.25. The second-order valence-corrected chi connectivity index (χ2v) is 5.16. The summed E-state index contributed by atoms with van der Waals surface area (Å²) in [4.78, 5) is 2.70. The Bertz CT molecular complexity index is 530. The summed E-state index contributed by atoms with van der Waals surface area (Å²) in [6.07, 6.45) is 0. The van der Waals surface area contributed by atoms with Crippen molar-refractivity contribution in [3.05, 3.63) is 55.6 Å². The van der Waals surface area contributed by atoms with Gasteiger partial charge in [-0.2, -0.15) is 0 Å². The lowest BCUT2D eigenvalue weighted by Gasteiger charge is -2.28. The molecule has 2 aromatic carbocycles. The first kappa shape index (κ1) is 9.75. The van der Waals surface area contributed by atoms with Crippen LogP contribution in [0.5, 0.6) is 0 Å². The van der Waals surface area contributed by atoms with Crippen LogP contribution in [0.15, 0.2) is 58.3 Å². The molecule has 0 saturated heterocycles. The zero-order chi connectivity index (χ0) is 11.1. The molecule has 1 N–H and O–H groups in total. The van der Waals surface area contributed by atoms with E-state index in [0.29, 0.717) is 0 Å². The van der Waals surface area contributed by atoms with Gasteiger partial charge in [-0.25, -0.2) is 4.21 Å². The number of hydrogen-bond donors (Lipinski definition) is 1. The molecule has 0 unspecified atom stereocenters. The number of fused-ring (bicyclic) bond motifs is 2. The Balaban J connectivity index is 2.30. The molecule has 80 valence electrons. The van der Waals surface area contributed by atoms with Gasteiger partial charge in [0.1, 0.15) is 21.2 Å². The predicted octanol–water partition coefficient (Wildman–Crippen LogP) is 1.81. The van der Waals surface area contributed by atoms with Gasteiger partial charge < -0.3 is 4.90 Å². The normalized spacial score (nSPS) is 22.3. The summed E-state index contributed by atoms with van der Waals surface area (Å²) in [6, 6.07) is 15.5. The van der Waals surface area contributed by atoms with E-state index >= 15 is 0 Å². The van der Waals surface area contributed by atoms with Gasteiger partial charge in [-0.05, 0) is 24.3 Å². The van der Waals surface area contributed by atoms with Gasteiger partial charge in [0.25, 0.3) is 0 Å². The van der Waals surface area contributed by atoms with E-state index in [-0.39, 0.29) is 0 Å². The summed E-state index contributed by atoms with van der Waals surface area (Å²) in [5.41, 5.74) is 2.00. The van der Waals surface area contributed by atoms with Crippen LogP contribution in [0.2, 0.25) is 0 Å². The van der Waals surface area contributed by atoms with Gasteiger partial charge in [0.05, 0.1) is 10.8 Å². The summed E-state index contributed by atoms with van der Waals surface area (Å²) in [7, 11) is 3.03. The smallest absolute Gasteiger partial charge is 0.126 e. The summed E-state index contributed by atoms with van der Waals surface area (Å²) in [5.74, 6) is 0. The molecule has 0 spiro atoms. The molecule has 1 heterocycles. The van der Waals surface area contributed by atoms with Gasteiger partial charge >= 0.3 is 0 Å². The summed E-state index contributed by atoms with van der Waals surface area (Å²) in [5, 5.41) is 0. The lowest BCUT2D eigenvalue weighted by molar-refractivity contribution is -0.709. The van der Waals surface area contributed by atoms with E-state index in [2.05, 4.69) is 7.05 Å². The number of hydrogen-bond acceptors (Lipinski definition) is 1. The Morgan fingerprint density at radius 2 is 1.31 bits per heavy atom. The highest BCUT2D eigenvalue weighted by Gasteiger charge is 2.26. The van der Waals surface area contributed by atoms with Crippen LogP contribution in [0.4, 0.5) is 11.4 Å². The Labute approximate surface area is 97.0 Å². The lowest BCUT2D eigenvalue weighted by atomic mass is 10.2. The molecular formula is C13H11NOS. The molecule has 1 aliphatic heterocycles. The topological polar surface area (TPSA) is 21.5 Å². The highest BCUT2D eigenvalue weighted by molar-refractivity contribution is 7.85. The molecule has 0 saturated carbocycles. The molecule has 0 fully saturated rings. The van der Waals surface area contributed by atoms with Gasteiger partial charge in [-0.3, -0.25) is 0 Å². The van der Waals surface area contributed by atoms with Gasteiger partial charge in [-0.1, -0.05) is 24.3 Å². The van der Waals surface area contributed by atoms with Crippen molar-refractivity contribution in [2.75, 3.05) is 0 Å². The number of rotatable bonds is 0. The molecule has 3 heteroatoms. The van der Waals surface area contributed by atoms with Crippen molar-refractivity contribution in [2.45, 2.75) is 9.79 Å². The Hall–Kier alpha value is -1.45. The second kappa shape index (κ2) is 3.54. The van der Waals surface area contributed by atoms with Gasteiger partial charge in [0, 0.05) is 0 Å². The highest BCUT2D eigenvalue weighted by atomic mass is 32.2. The van der Waals surface area contributed by atoms with Crippen LogP contribution in [-0.4, -0.2) is 4.21 Å². The van der Waals surface area contributed by atoms with Crippen molar-refractivity contribution < 1.29 is 9.11 Å². The first-order valence-electron chi connectivity index (χ1n) is 5.08. The van der Waals surface area contributed by atoms with Crippen molar-refractivity contribution in [3.8, 4) is 0 Å². The minimum absolute atomic E-state index is 0.867. The monoisotopic (exact) mass is 229 g/mol. The van der Waals surface area contributed by atoms with Gasteiger partial charge in [-0.15, -0.1) is 7.05 Å². The van der Waals surface area contributed by atoms with E-state index in [1.807, 2.05) is 48.5 Å². The Kier molecular flexibility index (Phi) is 2.16. The quantitative estimate of drug-likeness (QED) is 0.684. The molecule has 1 aliphatic rings. The largest absolute Gasteiger partial charge is 0.400 e. The van der Waals surface area contributed by atoms with Crippen molar-refractivity contribution in [1.82, 2.24) is 0 Å². The maximum Gasteiger partial charge on any atom is 0.126 e. The van der Waals surface area contributed by atoms with Crippen LogP contribution < -0.4 is 4.90 Å². The molecule has 2 aromatic rings. The van der Waals surface area contributed by atoms with E-state index in [0.717, 1.165) is 26.1 Å². The molecule has 0 radical (unpaired) electrons. The molecule has 16 heavy (non-hydrogen) atoms. The molecule has 0 aromatic heterocycles. The Morgan fingerprint density at radius 3 is 1.81 bits per heavy atom. The molecule has 2 nitrogen and oxygen atoms in total. The highest BCUT2D eigenvalue weighted by Crippen LogP contribution is 2.30. The molecule has 0 bridgehead atoms. The van der Waals surface area contributed by atoms with Crippen molar-refractivity contribution in [1.29, 1.82) is 0 Å². The first-order valence-corrected chi connectivity index (χ1v) is 6.23. The second-order valence-electron chi connectivity index (χ2n) is 3.74. The van der Waals surface area contributed by atoms with Crippen molar-refractivity contribution >= 4 is 22.2 Å². The third-order valence-corrected chi connectivity index (χ3v) is 4.33. The minimum atomic E-state index is -1.07. The van der Waals surface area contributed by atoms with E-state index in [4.69, 9.17) is 0 Å². The van der Waals surface area contributed by atoms with Crippen LogP contribution >= 0.6 is 0 Å². The predicted molar refractivity (Wildman–Crippen MR) is 63.2 cm³/mol. The molecule has 0 amide bonds.